The van der Waals surface area contributed by atoms with Gasteiger partial charge in [-0.2, -0.15) is 0 Å². The van der Waals surface area contributed by atoms with Crippen LogP contribution in [0.3, 0.4) is 0 Å². The standard InChI is InChI=1S/C32H51N.C28H25N.C24H33N.C24H35N.C16H17N.C16H19N/c1-28(2,3)22-16-23(29(4,5)6)19-26(18-22)33(32(13,14)15)27-20-24(30(7,8)9)17-25(21-27)31(10,11)12;1-28(2,3)29-26-16-14-22(20-10-6-4-7-11-20)18-24(26)25-19-23(15-17-27(25)29)21-12-8-5-9-13-21;1-22(2,3)16-10-12-20-18(14-16)19-15-17(23(4,5)6)11-13-21(19)25(20)24(7,8)9;1-22(2,3)18-10-14-20(15-11-18)25(24(7,8)9)21-16-12-19(13-17-21)23(4,5)6;1-16(2,3)17-14-10-6-4-8-12(14)13-9-5-7-11-15(13)17;1-16(2,3)17(14-10-6-4-7-11-14)15-12-8-5-9-13-15/h16-21H,1-15H3;4-19H,1-3H3;10-15H,1-9H3;10-17H,1-9H3;4-11H,1-3H3;4-13H,1-3H3. The molecule has 0 unspecified atom stereocenters. The van der Waals surface area contributed by atoms with Crippen molar-refractivity contribution in [1.29, 1.82) is 0 Å². The fourth-order valence-corrected chi connectivity index (χ4v) is 20.0. The Labute approximate surface area is 883 Å². The van der Waals surface area contributed by atoms with Crippen LogP contribution in [-0.4, -0.2) is 30.3 Å². The summed E-state index contributed by atoms with van der Waals surface area (Å²) in [4.78, 5) is 7.33. The third-order valence-corrected chi connectivity index (χ3v) is 27.9. The molecule has 0 aliphatic carbocycles. The third kappa shape index (κ3) is 26.9. The molecule has 146 heavy (non-hydrogen) atoms. The number of hydrogen-bond acceptors (Lipinski definition) is 3. The van der Waals surface area contributed by atoms with E-state index in [-0.39, 0.29) is 76.6 Å². The lowest BCUT2D eigenvalue weighted by atomic mass is 9.79. The van der Waals surface area contributed by atoms with Gasteiger partial charge in [-0.25, -0.2) is 0 Å². The first-order valence-corrected chi connectivity index (χ1v) is 53.6. The van der Waals surface area contributed by atoms with Gasteiger partial charge in [-0.15, -0.1) is 0 Å². The number of aromatic nitrogens is 3. The van der Waals surface area contributed by atoms with Crippen LogP contribution in [-0.2, 0) is 59.9 Å². The summed E-state index contributed by atoms with van der Waals surface area (Å²) in [7, 11) is 0. The van der Waals surface area contributed by atoms with Crippen molar-refractivity contribution in [3.05, 3.63) is 372 Å². The Morgan fingerprint density at radius 2 is 0.336 bits per heavy atom. The van der Waals surface area contributed by atoms with Gasteiger partial charge in [0, 0.05) is 133 Å². The molecule has 0 fully saturated rings. The predicted octanol–water partition coefficient (Wildman–Crippen LogP) is 41.2. The zero-order valence-electron chi connectivity index (χ0n) is 97.9. The average molecular weight is 1950 g/mol. The molecule has 17 rings (SSSR count). The van der Waals surface area contributed by atoms with Gasteiger partial charge in [0.1, 0.15) is 0 Å². The minimum Gasteiger partial charge on any atom is -0.336 e. The minimum atomic E-state index is -0.0721. The van der Waals surface area contributed by atoms with Crippen molar-refractivity contribution in [3.63, 3.8) is 0 Å². The maximum atomic E-state index is 2.56. The highest BCUT2D eigenvalue weighted by Gasteiger charge is 2.34. The SMILES string of the molecule is CC(C)(C)N(c1ccccc1)c1ccccc1.CC(C)(C)c1cc(N(c2cc(C(C)(C)C)cc(C(C)(C)C)c2)C(C)(C)C)cc(C(C)(C)C)c1.CC(C)(C)c1ccc(N(c2ccc(C(C)(C)C)cc2)C(C)(C)C)cc1.CC(C)(C)c1ccc2c(c1)c1cc(C(C)(C)C)ccc1n2C(C)(C)C.CC(C)(C)n1c2ccc(-c3ccccc3)cc2c2cc(-c3ccccc3)ccc21.CC(C)(C)n1c2ccccc2c2ccccc21. The second-order valence-electron chi connectivity index (χ2n) is 55.0. The first-order chi connectivity index (χ1) is 67.3. The van der Waals surface area contributed by atoms with E-state index in [9.17, 15) is 0 Å². The van der Waals surface area contributed by atoms with Crippen LogP contribution in [0.25, 0.3) is 87.7 Å². The van der Waals surface area contributed by atoms with Gasteiger partial charge in [0.05, 0.1) is 0 Å². The number of anilines is 6. The Balaban J connectivity index is 0.000000158. The molecule has 0 amide bonds. The van der Waals surface area contributed by atoms with Gasteiger partial charge < -0.3 is 28.4 Å². The normalized spacial score (nSPS) is 12.9. The summed E-state index contributed by atoms with van der Waals surface area (Å²) in [5.41, 5.74) is 32.7. The molecule has 0 saturated heterocycles. The van der Waals surface area contributed by atoms with Crippen LogP contribution in [0.15, 0.2) is 328 Å². The maximum absolute atomic E-state index is 2.56. The quantitative estimate of drug-likeness (QED) is 0.152. The second kappa shape index (κ2) is 42.3. The molecule has 3 aromatic heterocycles. The highest BCUT2D eigenvalue weighted by Crippen LogP contribution is 2.48. The summed E-state index contributed by atoms with van der Waals surface area (Å²) in [5, 5.41) is 8.08. The van der Waals surface area contributed by atoms with E-state index in [0.717, 1.165) is 0 Å². The molecule has 0 N–H and O–H groups in total. The summed E-state index contributed by atoms with van der Waals surface area (Å²) in [5.74, 6) is 0. The molecule has 14 aromatic carbocycles. The molecule has 3 heterocycles. The number of benzene rings is 14. The molecule has 770 valence electrons. The Bertz CT molecular complexity index is 6810. The number of nitrogens with zero attached hydrogens (tertiary/aromatic N) is 6. The monoisotopic (exact) mass is 1950 g/mol. The Hall–Kier alpha value is -12.1. The van der Waals surface area contributed by atoms with Crippen LogP contribution in [0.1, 0.15) is 335 Å². The molecule has 0 atom stereocenters. The number of hydrogen-bond donors (Lipinski definition) is 0. The number of para-hydroxylation sites is 4. The largest absolute Gasteiger partial charge is 0.336 e. The summed E-state index contributed by atoms with van der Waals surface area (Å²) in [6.45, 7) is 96.1. The minimum absolute atomic E-state index is 0.00251. The van der Waals surface area contributed by atoms with Crippen molar-refractivity contribution in [2.24, 2.45) is 0 Å². The van der Waals surface area contributed by atoms with Crippen LogP contribution >= 0.6 is 0 Å². The van der Waals surface area contributed by atoms with E-state index >= 15 is 0 Å². The first-order valence-electron chi connectivity index (χ1n) is 53.6. The van der Waals surface area contributed by atoms with E-state index in [1.54, 1.807) is 0 Å². The summed E-state index contributed by atoms with van der Waals surface area (Å²) >= 11 is 0. The van der Waals surface area contributed by atoms with E-state index in [1.165, 1.54) is 166 Å². The molecule has 0 saturated carbocycles. The van der Waals surface area contributed by atoms with Gasteiger partial charge in [0.25, 0.3) is 0 Å². The van der Waals surface area contributed by atoms with Crippen molar-refractivity contribution < 1.29 is 0 Å². The molecule has 0 bridgehead atoms. The third-order valence-electron chi connectivity index (χ3n) is 27.9. The molecule has 17 aromatic rings. The van der Waals surface area contributed by atoms with Crippen molar-refractivity contribution >= 4 is 99.5 Å². The zero-order chi connectivity index (χ0) is 108. The smallest absolute Gasteiger partial charge is 0.0496 e. The average Bonchev–Trinajstić information content (AvgIpc) is 1.58. The van der Waals surface area contributed by atoms with E-state index < -0.39 is 0 Å². The van der Waals surface area contributed by atoms with Crippen LogP contribution in [0, 0.1) is 0 Å². The highest BCUT2D eigenvalue weighted by molar-refractivity contribution is 6.12. The zero-order valence-corrected chi connectivity index (χ0v) is 97.9. The van der Waals surface area contributed by atoms with Crippen molar-refractivity contribution in [2.45, 2.75) is 367 Å². The van der Waals surface area contributed by atoms with E-state index in [4.69, 9.17) is 0 Å². The topological polar surface area (TPSA) is 24.5 Å². The number of fused-ring (bicyclic) bond motifs is 9. The second-order valence-corrected chi connectivity index (χ2v) is 55.0. The lowest BCUT2D eigenvalue weighted by molar-refractivity contribution is 0.423. The lowest BCUT2D eigenvalue weighted by Crippen LogP contribution is -2.38. The Morgan fingerprint density at radius 1 is 0.137 bits per heavy atom. The van der Waals surface area contributed by atoms with Crippen LogP contribution in [0.4, 0.5) is 34.1 Å². The lowest BCUT2D eigenvalue weighted by Gasteiger charge is -2.41. The van der Waals surface area contributed by atoms with Gasteiger partial charge in [0.15, 0.2) is 0 Å². The Kier molecular flexibility index (Phi) is 32.6. The van der Waals surface area contributed by atoms with Crippen molar-refractivity contribution in [1.82, 2.24) is 13.7 Å². The van der Waals surface area contributed by atoms with Gasteiger partial charge in [0.2, 0.25) is 0 Å². The molecule has 0 aliphatic heterocycles. The highest BCUT2D eigenvalue weighted by atomic mass is 15.2. The van der Waals surface area contributed by atoms with E-state index in [1.807, 2.05) is 0 Å². The van der Waals surface area contributed by atoms with E-state index in [0.29, 0.717) is 0 Å². The van der Waals surface area contributed by atoms with Gasteiger partial charge in [-0.3, -0.25) is 0 Å². The van der Waals surface area contributed by atoms with Crippen molar-refractivity contribution in [3.8, 4) is 22.3 Å². The van der Waals surface area contributed by atoms with Crippen LogP contribution in [0.2, 0.25) is 0 Å². The molecular weight excluding hydrogens is 1770 g/mol. The van der Waals surface area contributed by atoms with Gasteiger partial charge in [-0.1, -0.05) is 360 Å². The van der Waals surface area contributed by atoms with Gasteiger partial charge in [-0.05, 0) is 368 Å². The molecule has 6 heteroatoms. The Morgan fingerprint density at radius 3 is 0.575 bits per heavy atom. The fraction of sp³-hybridized carbons (Fsp3) is 0.400. The molecule has 6 nitrogen and oxygen atoms in total. The number of rotatable bonds is 8. The maximum Gasteiger partial charge on any atom is 0.0496 e. The summed E-state index contributed by atoms with van der Waals surface area (Å²) < 4.78 is 7.40. The van der Waals surface area contributed by atoms with Crippen LogP contribution < -0.4 is 14.7 Å². The van der Waals surface area contributed by atoms with Crippen LogP contribution in [0.5, 0.6) is 0 Å². The summed E-state index contributed by atoms with van der Waals surface area (Å²) in [6, 6.07) is 120. The first kappa shape index (κ1) is 113. The summed E-state index contributed by atoms with van der Waals surface area (Å²) in [6.07, 6.45) is 0. The molecule has 0 radical (unpaired) electrons. The predicted molar refractivity (Wildman–Crippen MR) is 648 cm³/mol. The molecular formula is C140H180N6. The van der Waals surface area contributed by atoms with Gasteiger partial charge >= 0.3 is 0 Å². The van der Waals surface area contributed by atoms with Crippen molar-refractivity contribution in [2.75, 3.05) is 14.7 Å². The molecule has 0 aliphatic rings. The molecule has 0 spiro atoms. The fourth-order valence-electron chi connectivity index (χ4n) is 20.0. The van der Waals surface area contributed by atoms with E-state index in [2.05, 4.69) is 647 Å².